The van der Waals surface area contributed by atoms with Crippen molar-refractivity contribution in [2.24, 2.45) is 0 Å². The Morgan fingerprint density at radius 3 is 2.26 bits per heavy atom. The van der Waals surface area contributed by atoms with Crippen LogP contribution in [0.3, 0.4) is 0 Å². The zero-order chi connectivity index (χ0) is 23.2. The van der Waals surface area contributed by atoms with E-state index < -0.39 is 16.1 Å². The Labute approximate surface area is 185 Å². The van der Waals surface area contributed by atoms with E-state index in [-0.39, 0.29) is 18.6 Å². The maximum atomic E-state index is 13.0. The molecule has 1 amide bonds. The molecule has 0 saturated heterocycles. The number of hydrogen-bond acceptors (Lipinski definition) is 5. The van der Waals surface area contributed by atoms with Gasteiger partial charge in [0.2, 0.25) is 15.9 Å². The summed E-state index contributed by atoms with van der Waals surface area (Å²) in [5, 5.41) is 2.89. The van der Waals surface area contributed by atoms with Crippen LogP contribution in [0.2, 0.25) is 0 Å². The number of carbonyl (C=O) groups excluding carboxylic acids is 1. The fraction of sp³-hybridized carbons (Fsp3) is 0.435. The number of nitrogens with zero attached hydrogens (tertiary/aromatic N) is 1. The lowest BCUT2D eigenvalue weighted by Gasteiger charge is -2.32. The smallest absolute Gasteiger partial charge is 0.244 e. The van der Waals surface area contributed by atoms with E-state index in [2.05, 4.69) is 5.32 Å². The SMILES string of the molecule is CCC(C(=O)NC(C)COc1ccc(OC)cc1)N(c1cc(C)ccc1C)S(C)(=O)=O. The first kappa shape index (κ1) is 24.5. The Bertz CT molecular complexity index is 990. The van der Waals surface area contributed by atoms with Crippen molar-refractivity contribution in [2.45, 2.75) is 46.2 Å². The van der Waals surface area contributed by atoms with Crippen LogP contribution in [0.4, 0.5) is 5.69 Å². The molecule has 0 radical (unpaired) electrons. The summed E-state index contributed by atoms with van der Waals surface area (Å²) in [6.07, 6.45) is 1.46. The van der Waals surface area contributed by atoms with Crippen molar-refractivity contribution in [3.05, 3.63) is 53.6 Å². The van der Waals surface area contributed by atoms with Crippen molar-refractivity contribution in [3.8, 4) is 11.5 Å². The van der Waals surface area contributed by atoms with Crippen molar-refractivity contribution in [2.75, 3.05) is 24.3 Å². The third kappa shape index (κ3) is 6.62. The number of sulfonamides is 1. The van der Waals surface area contributed by atoms with Crippen molar-refractivity contribution in [1.82, 2.24) is 5.32 Å². The Balaban J connectivity index is 2.14. The van der Waals surface area contributed by atoms with E-state index in [0.717, 1.165) is 23.1 Å². The summed E-state index contributed by atoms with van der Waals surface area (Å²) in [6.45, 7) is 7.59. The lowest BCUT2D eigenvalue weighted by atomic mass is 10.1. The predicted octanol–water partition coefficient (Wildman–Crippen LogP) is 3.44. The maximum Gasteiger partial charge on any atom is 0.244 e. The minimum absolute atomic E-state index is 0.247. The molecule has 2 aromatic carbocycles. The summed E-state index contributed by atoms with van der Waals surface area (Å²) < 4.78 is 37.4. The van der Waals surface area contributed by atoms with Crippen LogP contribution in [0.5, 0.6) is 11.5 Å². The van der Waals surface area contributed by atoms with Crippen molar-refractivity contribution < 1.29 is 22.7 Å². The van der Waals surface area contributed by atoms with E-state index in [0.29, 0.717) is 17.9 Å². The number of anilines is 1. The molecule has 0 bridgehead atoms. The Morgan fingerprint density at radius 2 is 1.71 bits per heavy atom. The van der Waals surface area contributed by atoms with Gasteiger partial charge in [0.1, 0.15) is 24.1 Å². The molecule has 0 aliphatic rings. The largest absolute Gasteiger partial charge is 0.497 e. The zero-order valence-corrected chi connectivity index (χ0v) is 19.8. The molecule has 170 valence electrons. The monoisotopic (exact) mass is 448 g/mol. The van der Waals surface area contributed by atoms with E-state index in [1.807, 2.05) is 32.9 Å². The Morgan fingerprint density at radius 1 is 1.10 bits per heavy atom. The highest BCUT2D eigenvalue weighted by atomic mass is 32.2. The number of ether oxygens (including phenoxy) is 2. The second-order valence-corrected chi connectivity index (χ2v) is 9.53. The number of benzene rings is 2. The molecule has 0 aliphatic carbocycles. The molecule has 2 aromatic rings. The lowest BCUT2D eigenvalue weighted by molar-refractivity contribution is -0.123. The molecule has 2 rings (SSSR count). The van der Waals surface area contributed by atoms with Gasteiger partial charge in [-0.15, -0.1) is 0 Å². The molecule has 0 aromatic heterocycles. The third-order valence-corrected chi connectivity index (χ3v) is 6.05. The van der Waals surface area contributed by atoms with Gasteiger partial charge in [0.25, 0.3) is 0 Å². The number of hydrogen-bond donors (Lipinski definition) is 1. The number of amides is 1. The summed E-state index contributed by atoms with van der Waals surface area (Å²) in [5.41, 5.74) is 2.23. The van der Waals surface area contributed by atoms with Crippen LogP contribution >= 0.6 is 0 Å². The minimum Gasteiger partial charge on any atom is -0.497 e. The van der Waals surface area contributed by atoms with Crippen LogP contribution in [0, 0.1) is 13.8 Å². The number of methoxy groups -OCH3 is 1. The zero-order valence-electron chi connectivity index (χ0n) is 19.0. The Hall–Kier alpha value is -2.74. The van der Waals surface area contributed by atoms with E-state index in [1.54, 1.807) is 44.4 Å². The van der Waals surface area contributed by atoms with Crippen LogP contribution in [0.1, 0.15) is 31.4 Å². The standard InChI is InChI=1S/C23H32N2O5S/c1-7-21(25(31(6,27)28)22-14-16(2)8-9-17(22)3)23(26)24-18(4)15-30-20-12-10-19(29-5)11-13-20/h8-14,18,21H,7,15H2,1-6H3,(H,24,26). The highest BCUT2D eigenvalue weighted by molar-refractivity contribution is 7.92. The first-order valence-corrected chi connectivity index (χ1v) is 12.1. The molecule has 0 spiro atoms. The van der Waals surface area contributed by atoms with Gasteiger partial charge in [-0.1, -0.05) is 19.1 Å². The summed E-state index contributed by atoms with van der Waals surface area (Å²) in [6, 6.07) is 11.5. The fourth-order valence-electron chi connectivity index (χ4n) is 3.27. The summed E-state index contributed by atoms with van der Waals surface area (Å²) >= 11 is 0. The third-order valence-electron chi connectivity index (χ3n) is 4.88. The number of rotatable bonds is 10. The summed E-state index contributed by atoms with van der Waals surface area (Å²) in [5.74, 6) is 1.02. The molecule has 1 N–H and O–H groups in total. The quantitative estimate of drug-likeness (QED) is 0.602. The van der Waals surface area contributed by atoms with Gasteiger partial charge in [-0.25, -0.2) is 8.42 Å². The summed E-state index contributed by atoms with van der Waals surface area (Å²) in [7, 11) is -2.09. The maximum absolute atomic E-state index is 13.0. The average Bonchev–Trinajstić information content (AvgIpc) is 2.71. The van der Waals surface area contributed by atoms with E-state index in [9.17, 15) is 13.2 Å². The van der Waals surface area contributed by atoms with Crippen LogP contribution in [0.25, 0.3) is 0 Å². The van der Waals surface area contributed by atoms with Gasteiger partial charge >= 0.3 is 0 Å². The van der Waals surface area contributed by atoms with Gasteiger partial charge in [-0.05, 0) is 68.7 Å². The van der Waals surface area contributed by atoms with Crippen LogP contribution in [0.15, 0.2) is 42.5 Å². The van der Waals surface area contributed by atoms with Crippen molar-refractivity contribution in [3.63, 3.8) is 0 Å². The van der Waals surface area contributed by atoms with Crippen LogP contribution in [-0.4, -0.2) is 46.4 Å². The number of aryl methyl sites for hydroxylation is 2. The highest BCUT2D eigenvalue weighted by Crippen LogP contribution is 2.27. The molecular weight excluding hydrogens is 416 g/mol. The van der Waals surface area contributed by atoms with Crippen molar-refractivity contribution >= 4 is 21.6 Å². The Kier molecular flexibility index (Phi) is 8.33. The van der Waals surface area contributed by atoms with Gasteiger partial charge in [-0.3, -0.25) is 9.10 Å². The van der Waals surface area contributed by atoms with Crippen LogP contribution < -0.4 is 19.1 Å². The molecule has 2 unspecified atom stereocenters. The van der Waals surface area contributed by atoms with Gasteiger partial charge in [0.15, 0.2) is 0 Å². The van der Waals surface area contributed by atoms with Gasteiger partial charge in [0.05, 0.1) is 25.1 Å². The molecule has 31 heavy (non-hydrogen) atoms. The summed E-state index contributed by atoms with van der Waals surface area (Å²) in [4.78, 5) is 13.0. The minimum atomic E-state index is -3.68. The van der Waals surface area contributed by atoms with E-state index in [1.165, 1.54) is 4.31 Å². The first-order chi connectivity index (χ1) is 14.6. The van der Waals surface area contributed by atoms with E-state index >= 15 is 0 Å². The first-order valence-electron chi connectivity index (χ1n) is 10.2. The molecule has 0 heterocycles. The normalized spacial score (nSPS) is 13.2. The predicted molar refractivity (Wildman–Crippen MR) is 123 cm³/mol. The topological polar surface area (TPSA) is 84.9 Å². The molecule has 2 atom stereocenters. The van der Waals surface area contributed by atoms with Gasteiger partial charge < -0.3 is 14.8 Å². The molecule has 7 nitrogen and oxygen atoms in total. The molecule has 8 heteroatoms. The molecule has 0 aliphatic heterocycles. The van der Waals surface area contributed by atoms with Gasteiger partial charge in [-0.2, -0.15) is 0 Å². The molecule has 0 fully saturated rings. The van der Waals surface area contributed by atoms with Gasteiger partial charge in [0, 0.05) is 0 Å². The van der Waals surface area contributed by atoms with Crippen molar-refractivity contribution in [1.29, 1.82) is 0 Å². The average molecular weight is 449 g/mol. The second kappa shape index (κ2) is 10.5. The lowest BCUT2D eigenvalue weighted by Crippen LogP contribution is -2.52. The highest BCUT2D eigenvalue weighted by Gasteiger charge is 2.33. The number of carbonyl (C=O) groups is 1. The second-order valence-electron chi connectivity index (χ2n) is 7.67. The number of nitrogens with one attached hydrogen (secondary N) is 1. The fourth-order valence-corrected chi connectivity index (χ4v) is 4.53. The molecular formula is C23H32N2O5S. The molecule has 0 saturated carbocycles. The van der Waals surface area contributed by atoms with Crippen LogP contribution in [-0.2, 0) is 14.8 Å². The van der Waals surface area contributed by atoms with E-state index in [4.69, 9.17) is 9.47 Å².